The van der Waals surface area contributed by atoms with Crippen LogP contribution in [0.5, 0.6) is 0 Å². The van der Waals surface area contributed by atoms with E-state index in [9.17, 15) is 4.39 Å². The Balaban J connectivity index is 1.22. The van der Waals surface area contributed by atoms with Crippen LogP contribution in [0.15, 0.2) is 30.6 Å². The minimum atomic E-state index is -0.307. The maximum atomic E-state index is 14.1. The van der Waals surface area contributed by atoms with Crippen molar-refractivity contribution < 1.29 is 4.39 Å². The second-order valence-electron chi connectivity index (χ2n) is 9.96. The van der Waals surface area contributed by atoms with Gasteiger partial charge in [0.05, 0.1) is 0 Å². The fourth-order valence-electron chi connectivity index (χ4n) is 6.08. The zero-order chi connectivity index (χ0) is 23.2. The van der Waals surface area contributed by atoms with Crippen LogP contribution in [0.3, 0.4) is 0 Å². The molecule has 2 bridgehead atoms. The highest BCUT2D eigenvalue weighted by Gasteiger charge is 2.43. The highest BCUT2D eigenvalue weighted by molar-refractivity contribution is 6.30. The summed E-state index contributed by atoms with van der Waals surface area (Å²) in [6, 6.07) is 7.22. The molecule has 0 radical (unpaired) electrons. The zero-order valence-corrected chi connectivity index (χ0v) is 20.0. The normalized spacial score (nSPS) is 26.3. The van der Waals surface area contributed by atoms with Gasteiger partial charge in [0.15, 0.2) is 0 Å². The quantitative estimate of drug-likeness (QED) is 0.576. The monoisotopic (exact) mass is 481 g/mol. The second kappa shape index (κ2) is 8.80. The van der Waals surface area contributed by atoms with E-state index in [0.717, 1.165) is 61.8 Å². The summed E-state index contributed by atoms with van der Waals surface area (Å²) in [5.74, 6) is 3.36. The molecule has 4 heterocycles. The molecule has 1 saturated carbocycles. The van der Waals surface area contributed by atoms with E-state index in [1.807, 2.05) is 17.7 Å². The molecule has 2 fully saturated rings. The molecule has 3 aliphatic rings. The summed E-state index contributed by atoms with van der Waals surface area (Å²) >= 11 is 6.17. The van der Waals surface area contributed by atoms with Crippen molar-refractivity contribution >= 4 is 23.4 Å². The van der Waals surface area contributed by atoms with Crippen molar-refractivity contribution in [2.75, 3.05) is 23.3 Å². The Labute approximate surface area is 203 Å². The molecule has 2 aliphatic heterocycles. The Morgan fingerprint density at radius 3 is 2.62 bits per heavy atom. The number of piperidine rings is 1. The Morgan fingerprint density at radius 1 is 1.03 bits per heavy atom. The first-order valence-corrected chi connectivity index (χ1v) is 12.6. The van der Waals surface area contributed by atoms with Crippen molar-refractivity contribution in [1.29, 1.82) is 0 Å². The lowest BCUT2D eigenvalue weighted by Crippen LogP contribution is -2.48. The van der Waals surface area contributed by atoms with Crippen molar-refractivity contribution in [1.82, 2.24) is 24.7 Å². The third kappa shape index (κ3) is 4.13. The molecule has 6 rings (SSSR count). The standard InChI is InChI=1S/C25H29ClFN7/c1-15-8-22(29-14-28-15)33-12-16-5-6-17(13-33)23(16)30-25-31-24-21(4-2-3-7-34(24)32-25)18-9-19(26)11-20(27)10-18/h8-11,14,16-17,21,23H,2-7,12-13H2,1H3,(H,30,32)/t16-,17+,21-,23?/m1/s1. The molecular weight excluding hydrogens is 453 g/mol. The number of halogens is 2. The minimum Gasteiger partial charge on any atom is -0.356 e. The number of benzene rings is 1. The molecule has 9 heteroatoms. The molecule has 1 aromatic carbocycles. The zero-order valence-electron chi connectivity index (χ0n) is 19.3. The van der Waals surface area contributed by atoms with Gasteiger partial charge in [0.25, 0.3) is 0 Å². The molecule has 1 aliphatic carbocycles. The first-order valence-electron chi connectivity index (χ1n) is 12.2. The first-order chi connectivity index (χ1) is 16.5. The molecular formula is C25H29ClFN7. The number of aromatic nitrogens is 5. The Hall–Kier alpha value is -2.74. The van der Waals surface area contributed by atoms with Gasteiger partial charge in [-0.3, -0.25) is 0 Å². The SMILES string of the molecule is Cc1cc(N2C[C@H]3CC[C@@H](C2)C3Nc2nc3n(n2)CCCC[C@@H]3c2cc(F)cc(Cl)c2)ncn1. The molecule has 34 heavy (non-hydrogen) atoms. The number of rotatable bonds is 4. The summed E-state index contributed by atoms with van der Waals surface area (Å²) in [5.41, 5.74) is 1.87. The van der Waals surface area contributed by atoms with E-state index in [1.54, 1.807) is 12.4 Å². The van der Waals surface area contributed by atoms with Crippen molar-refractivity contribution in [3.8, 4) is 0 Å². The Morgan fingerprint density at radius 2 is 1.85 bits per heavy atom. The van der Waals surface area contributed by atoms with Crippen LogP contribution in [0.2, 0.25) is 5.02 Å². The maximum Gasteiger partial charge on any atom is 0.242 e. The highest BCUT2D eigenvalue weighted by atomic mass is 35.5. The third-order valence-electron chi connectivity index (χ3n) is 7.65. The van der Waals surface area contributed by atoms with E-state index in [2.05, 4.69) is 26.3 Å². The number of fused-ring (bicyclic) bond motifs is 3. The predicted molar refractivity (Wildman–Crippen MR) is 130 cm³/mol. The second-order valence-corrected chi connectivity index (χ2v) is 10.4. The highest BCUT2D eigenvalue weighted by Crippen LogP contribution is 2.40. The molecule has 4 atom stereocenters. The van der Waals surface area contributed by atoms with E-state index in [4.69, 9.17) is 21.7 Å². The summed E-state index contributed by atoms with van der Waals surface area (Å²) in [7, 11) is 0. The van der Waals surface area contributed by atoms with Crippen molar-refractivity contribution in [2.24, 2.45) is 11.8 Å². The van der Waals surface area contributed by atoms with Gasteiger partial charge in [-0.15, -0.1) is 5.10 Å². The Bertz CT molecular complexity index is 1160. The predicted octanol–water partition coefficient (Wildman–Crippen LogP) is 4.81. The fourth-order valence-corrected chi connectivity index (χ4v) is 6.31. The van der Waals surface area contributed by atoms with Crippen LogP contribution in [-0.4, -0.2) is 43.9 Å². The first kappa shape index (κ1) is 21.8. The lowest BCUT2D eigenvalue weighted by molar-refractivity contribution is 0.374. The van der Waals surface area contributed by atoms with Gasteiger partial charge in [-0.25, -0.2) is 19.0 Å². The molecule has 1 saturated heterocycles. The van der Waals surface area contributed by atoms with Gasteiger partial charge >= 0.3 is 0 Å². The molecule has 0 amide bonds. The number of anilines is 2. The van der Waals surface area contributed by atoms with Crippen LogP contribution in [0.25, 0.3) is 0 Å². The summed E-state index contributed by atoms with van der Waals surface area (Å²) in [6.07, 6.45) is 7.05. The van der Waals surface area contributed by atoms with Gasteiger partial charge in [-0.1, -0.05) is 18.0 Å². The topological polar surface area (TPSA) is 71.8 Å². The van der Waals surface area contributed by atoms with E-state index in [-0.39, 0.29) is 11.7 Å². The van der Waals surface area contributed by atoms with Gasteiger partial charge < -0.3 is 10.2 Å². The van der Waals surface area contributed by atoms with E-state index in [0.29, 0.717) is 28.8 Å². The van der Waals surface area contributed by atoms with Gasteiger partial charge in [0, 0.05) is 48.4 Å². The maximum absolute atomic E-state index is 14.1. The van der Waals surface area contributed by atoms with Gasteiger partial charge in [-0.05, 0) is 68.2 Å². The largest absolute Gasteiger partial charge is 0.356 e. The van der Waals surface area contributed by atoms with E-state index >= 15 is 0 Å². The van der Waals surface area contributed by atoms with Crippen LogP contribution >= 0.6 is 11.6 Å². The molecule has 3 aromatic rings. The van der Waals surface area contributed by atoms with Crippen molar-refractivity contribution in [3.63, 3.8) is 0 Å². The van der Waals surface area contributed by atoms with Crippen LogP contribution in [0, 0.1) is 24.6 Å². The van der Waals surface area contributed by atoms with Gasteiger partial charge in [0.1, 0.15) is 23.8 Å². The Kier molecular flexibility index (Phi) is 5.63. The molecule has 0 spiro atoms. The number of aryl methyl sites for hydroxylation is 2. The molecule has 1 unspecified atom stereocenters. The van der Waals surface area contributed by atoms with E-state index in [1.165, 1.54) is 18.9 Å². The van der Waals surface area contributed by atoms with Gasteiger partial charge in [-0.2, -0.15) is 4.98 Å². The molecule has 1 N–H and O–H groups in total. The number of nitrogens with zero attached hydrogens (tertiary/aromatic N) is 6. The van der Waals surface area contributed by atoms with Crippen LogP contribution < -0.4 is 10.2 Å². The third-order valence-corrected chi connectivity index (χ3v) is 7.87. The lowest BCUT2D eigenvalue weighted by atomic mass is 9.92. The van der Waals surface area contributed by atoms with Crippen LogP contribution in [0.1, 0.15) is 55.1 Å². The number of hydrogen-bond acceptors (Lipinski definition) is 6. The molecule has 7 nitrogen and oxygen atoms in total. The van der Waals surface area contributed by atoms with E-state index < -0.39 is 0 Å². The van der Waals surface area contributed by atoms with Crippen molar-refractivity contribution in [3.05, 3.63) is 58.5 Å². The summed E-state index contributed by atoms with van der Waals surface area (Å²) in [5, 5.41) is 8.96. The summed E-state index contributed by atoms with van der Waals surface area (Å²) in [6.45, 7) is 4.79. The van der Waals surface area contributed by atoms with Gasteiger partial charge in [0.2, 0.25) is 5.95 Å². The summed E-state index contributed by atoms with van der Waals surface area (Å²) < 4.78 is 16.1. The average molecular weight is 482 g/mol. The smallest absolute Gasteiger partial charge is 0.242 e. The fraction of sp³-hybridized carbons (Fsp3) is 0.520. The minimum absolute atomic E-state index is 0.00155. The number of hydrogen-bond donors (Lipinski definition) is 1. The van der Waals surface area contributed by atoms with Crippen molar-refractivity contribution in [2.45, 2.75) is 57.5 Å². The number of nitrogens with one attached hydrogen (secondary N) is 1. The average Bonchev–Trinajstić information content (AvgIpc) is 3.20. The van der Waals surface area contributed by atoms with Crippen LogP contribution in [-0.2, 0) is 6.54 Å². The van der Waals surface area contributed by atoms with Crippen LogP contribution in [0.4, 0.5) is 16.2 Å². The molecule has 178 valence electrons. The lowest BCUT2D eigenvalue weighted by Gasteiger charge is -2.38. The summed E-state index contributed by atoms with van der Waals surface area (Å²) in [4.78, 5) is 16.1. The molecule has 2 aromatic heterocycles.